The lowest BCUT2D eigenvalue weighted by Crippen LogP contribution is -2.07. The minimum absolute atomic E-state index is 0.619. The van der Waals surface area contributed by atoms with Gasteiger partial charge in [0, 0.05) is 31.7 Å². The molecule has 5 heteroatoms. The topological polar surface area (TPSA) is 62.7 Å². The molecule has 0 unspecified atom stereocenters. The second kappa shape index (κ2) is 7.35. The van der Waals surface area contributed by atoms with E-state index in [0.717, 1.165) is 11.4 Å². The van der Waals surface area contributed by atoms with Crippen LogP contribution in [0.4, 0.5) is 11.8 Å². The van der Waals surface area contributed by atoms with Gasteiger partial charge in [-0.3, -0.25) is 4.98 Å². The van der Waals surface area contributed by atoms with Gasteiger partial charge in [-0.1, -0.05) is 24.3 Å². The molecule has 0 aliphatic carbocycles. The summed E-state index contributed by atoms with van der Waals surface area (Å²) >= 11 is 0. The number of benzene rings is 1. The third kappa shape index (κ3) is 4.26. The molecule has 0 fully saturated rings. The lowest BCUT2D eigenvalue weighted by atomic mass is 10.1. The first kappa shape index (κ1) is 15.0. The van der Waals surface area contributed by atoms with Crippen molar-refractivity contribution >= 4 is 11.8 Å². The summed E-state index contributed by atoms with van der Waals surface area (Å²) in [6.45, 7) is 3.52. The zero-order valence-corrected chi connectivity index (χ0v) is 13.0. The van der Waals surface area contributed by atoms with Crippen molar-refractivity contribution in [1.29, 1.82) is 0 Å². The zero-order chi connectivity index (χ0) is 15.9. The van der Waals surface area contributed by atoms with E-state index in [1.54, 1.807) is 18.6 Å². The van der Waals surface area contributed by atoms with E-state index >= 15 is 0 Å². The van der Waals surface area contributed by atoms with Crippen LogP contribution in [0, 0.1) is 6.92 Å². The van der Waals surface area contributed by atoms with E-state index in [2.05, 4.69) is 44.6 Å². The number of aromatic nitrogens is 3. The van der Waals surface area contributed by atoms with Gasteiger partial charge in [-0.2, -0.15) is 4.98 Å². The molecular weight excluding hydrogens is 286 g/mol. The number of rotatable bonds is 6. The van der Waals surface area contributed by atoms with Gasteiger partial charge in [0.15, 0.2) is 0 Å². The largest absolute Gasteiger partial charge is 0.366 e. The van der Waals surface area contributed by atoms with Crippen LogP contribution in [0.5, 0.6) is 0 Å². The Morgan fingerprint density at radius 1 is 0.870 bits per heavy atom. The Labute approximate surface area is 135 Å². The molecule has 1 aromatic carbocycles. The van der Waals surface area contributed by atoms with Crippen LogP contribution >= 0.6 is 0 Å². The van der Waals surface area contributed by atoms with Crippen molar-refractivity contribution in [2.24, 2.45) is 0 Å². The first-order valence-corrected chi connectivity index (χ1v) is 7.55. The maximum atomic E-state index is 4.48. The Kier molecular flexibility index (Phi) is 4.79. The molecule has 3 rings (SSSR count). The van der Waals surface area contributed by atoms with Crippen molar-refractivity contribution in [1.82, 2.24) is 15.0 Å². The van der Waals surface area contributed by atoms with Crippen LogP contribution < -0.4 is 10.6 Å². The maximum Gasteiger partial charge on any atom is 0.224 e. The second-order valence-electron chi connectivity index (χ2n) is 5.25. The van der Waals surface area contributed by atoms with E-state index in [0.29, 0.717) is 19.0 Å². The summed E-state index contributed by atoms with van der Waals surface area (Å²) in [5.74, 6) is 1.41. The summed E-state index contributed by atoms with van der Waals surface area (Å²) < 4.78 is 0. The molecular formula is C18H19N5. The highest BCUT2D eigenvalue weighted by Crippen LogP contribution is 2.11. The van der Waals surface area contributed by atoms with Crippen molar-refractivity contribution < 1.29 is 0 Å². The number of hydrogen-bond donors (Lipinski definition) is 2. The van der Waals surface area contributed by atoms with Crippen molar-refractivity contribution in [3.63, 3.8) is 0 Å². The van der Waals surface area contributed by atoms with Crippen LogP contribution in [0.2, 0.25) is 0 Å². The molecule has 0 saturated heterocycles. The molecule has 2 aromatic heterocycles. The van der Waals surface area contributed by atoms with Gasteiger partial charge in [0.05, 0.1) is 0 Å². The van der Waals surface area contributed by atoms with Gasteiger partial charge >= 0.3 is 0 Å². The van der Waals surface area contributed by atoms with Crippen molar-refractivity contribution in [2.45, 2.75) is 20.0 Å². The van der Waals surface area contributed by atoms with Crippen LogP contribution in [0.15, 0.2) is 61.1 Å². The Morgan fingerprint density at radius 2 is 1.70 bits per heavy atom. The molecule has 0 aliphatic heterocycles. The third-order valence-corrected chi connectivity index (χ3v) is 3.58. The van der Waals surface area contributed by atoms with Gasteiger partial charge in [0.2, 0.25) is 5.95 Å². The lowest BCUT2D eigenvalue weighted by Gasteiger charge is -2.09. The number of nitrogens with one attached hydrogen (secondary N) is 2. The summed E-state index contributed by atoms with van der Waals surface area (Å²) in [6, 6.07) is 14.1. The predicted octanol–water partition coefficient (Wildman–Crippen LogP) is 3.40. The molecule has 2 N–H and O–H groups in total. The van der Waals surface area contributed by atoms with Gasteiger partial charge in [0.25, 0.3) is 0 Å². The minimum Gasteiger partial charge on any atom is -0.366 e. The predicted molar refractivity (Wildman–Crippen MR) is 92.1 cm³/mol. The summed E-state index contributed by atoms with van der Waals surface area (Å²) in [5.41, 5.74) is 3.66. The van der Waals surface area contributed by atoms with Crippen LogP contribution in [0.3, 0.4) is 0 Å². The molecule has 2 heterocycles. The quantitative estimate of drug-likeness (QED) is 0.731. The first-order chi connectivity index (χ1) is 11.3. The zero-order valence-electron chi connectivity index (χ0n) is 13.0. The molecule has 0 atom stereocenters. The van der Waals surface area contributed by atoms with Gasteiger partial charge in [-0.05, 0) is 41.8 Å². The number of hydrogen-bond acceptors (Lipinski definition) is 5. The number of pyridine rings is 1. The van der Waals surface area contributed by atoms with Gasteiger partial charge < -0.3 is 10.6 Å². The van der Waals surface area contributed by atoms with Crippen molar-refractivity contribution in [2.75, 3.05) is 10.6 Å². The molecule has 0 bridgehead atoms. The Balaban J connectivity index is 1.60. The standard InChI is InChI=1S/C18H19N5/c1-14-4-2-3-5-16(14)13-22-18-20-11-8-17(23-18)21-12-15-6-9-19-10-7-15/h2-11H,12-13H2,1H3,(H2,20,21,22,23). The molecule has 0 spiro atoms. The smallest absolute Gasteiger partial charge is 0.224 e. The van der Waals surface area contributed by atoms with Crippen LogP contribution in [-0.2, 0) is 13.1 Å². The molecule has 0 aliphatic rings. The maximum absolute atomic E-state index is 4.48. The summed E-state index contributed by atoms with van der Waals surface area (Å²) in [4.78, 5) is 12.8. The Morgan fingerprint density at radius 3 is 2.52 bits per heavy atom. The van der Waals surface area contributed by atoms with E-state index in [4.69, 9.17) is 0 Å². The van der Waals surface area contributed by atoms with Crippen LogP contribution in [-0.4, -0.2) is 15.0 Å². The van der Waals surface area contributed by atoms with E-state index in [1.165, 1.54) is 11.1 Å². The summed E-state index contributed by atoms with van der Waals surface area (Å²) in [6.07, 6.45) is 5.32. The molecule has 116 valence electrons. The third-order valence-electron chi connectivity index (χ3n) is 3.58. The van der Waals surface area contributed by atoms with E-state index in [1.807, 2.05) is 30.3 Å². The molecule has 5 nitrogen and oxygen atoms in total. The highest BCUT2D eigenvalue weighted by molar-refractivity contribution is 5.41. The van der Waals surface area contributed by atoms with Gasteiger partial charge in [-0.15, -0.1) is 0 Å². The number of nitrogens with zero attached hydrogens (tertiary/aromatic N) is 3. The fourth-order valence-electron chi connectivity index (χ4n) is 2.22. The van der Waals surface area contributed by atoms with Gasteiger partial charge in [0.1, 0.15) is 5.82 Å². The monoisotopic (exact) mass is 305 g/mol. The SMILES string of the molecule is Cc1ccccc1CNc1nccc(NCc2ccncc2)n1. The van der Waals surface area contributed by atoms with E-state index < -0.39 is 0 Å². The van der Waals surface area contributed by atoms with Crippen molar-refractivity contribution in [3.8, 4) is 0 Å². The second-order valence-corrected chi connectivity index (χ2v) is 5.25. The highest BCUT2D eigenvalue weighted by Gasteiger charge is 2.01. The fourth-order valence-corrected chi connectivity index (χ4v) is 2.22. The number of aryl methyl sites for hydroxylation is 1. The molecule has 0 radical (unpaired) electrons. The molecule has 3 aromatic rings. The van der Waals surface area contributed by atoms with Crippen LogP contribution in [0.1, 0.15) is 16.7 Å². The molecule has 23 heavy (non-hydrogen) atoms. The lowest BCUT2D eigenvalue weighted by molar-refractivity contribution is 1.02. The summed E-state index contributed by atoms with van der Waals surface area (Å²) in [7, 11) is 0. The molecule has 0 amide bonds. The average Bonchev–Trinajstić information content (AvgIpc) is 2.61. The fraction of sp³-hybridized carbons (Fsp3) is 0.167. The highest BCUT2D eigenvalue weighted by atomic mass is 15.1. The van der Waals surface area contributed by atoms with Crippen molar-refractivity contribution in [3.05, 3.63) is 77.7 Å². The first-order valence-electron chi connectivity index (χ1n) is 7.55. The average molecular weight is 305 g/mol. The summed E-state index contributed by atoms with van der Waals surface area (Å²) in [5, 5.41) is 6.56. The minimum atomic E-state index is 0.619. The van der Waals surface area contributed by atoms with E-state index in [9.17, 15) is 0 Å². The molecule has 0 saturated carbocycles. The van der Waals surface area contributed by atoms with E-state index in [-0.39, 0.29) is 0 Å². The Bertz CT molecular complexity index is 758. The Hall–Kier alpha value is -2.95. The van der Waals surface area contributed by atoms with Gasteiger partial charge in [-0.25, -0.2) is 4.98 Å². The van der Waals surface area contributed by atoms with Crippen LogP contribution in [0.25, 0.3) is 0 Å². The normalized spacial score (nSPS) is 10.3. The number of anilines is 2.